The number of urea groups is 1. The predicted molar refractivity (Wildman–Crippen MR) is 89.3 cm³/mol. The molecule has 0 heterocycles. The smallest absolute Gasteiger partial charge is 0.319 e. The monoisotopic (exact) mass is 318 g/mol. The summed E-state index contributed by atoms with van der Waals surface area (Å²) in [4.78, 5) is 11.9. The Balaban J connectivity index is 1.88. The summed E-state index contributed by atoms with van der Waals surface area (Å²) in [5, 5.41) is 16.0. The van der Waals surface area contributed by atoms with Gasteiger partial charge in [0.2, 0.25) is 0 Å². The van der Waals surface area contributed by atoms with Crippen molar-refractivity contribution in [3.8, 4) is 0 Å². The van der Waals surface area contributed by atoms with E-state index in [0.717, 1.165) is 11.3 Å². The molecule has 4 nitrogen and oxygen atoms in total. The molecule has 0 saturated heterocycles. The van der Waals surface area contributed by atoms with Gasteiger partial charge in [0.1, 0.15) is 0 Å². The molecule has 0 spiro atoms. The first-order valence-corrected chi connectivity index (χ1v) is 7.39. The van der Waals surface area contributed by atoms with Crippen LogP contribution in [0.25, 0.3) is 0 Å². The quantitative estimate of drug-likeness (QED) is 0.802. The molecule has 0 aromatic heterocycles. The molecular formula is C17H19ClN2O2. The van der Waals surface area contributed by atoms with Crippen LogP contribution in [-0.2, 0) is 0 Å². The van der Waals surface area contributed by atoms with E-state index in [1.54, 1.807) is 24.3 Å². The molecule has 2 aromatic carbocycles. The van der Waals surface area contributed by atoms with Crippen LogP contribution in [0.5, 0.6) is 0 Å². The molecule has 0 fully saturated rings. The van der Waals surface area contributed by atoms with Crippen LogP contribution < -0.4 is 10.6 Å². The number of carbonyl (C=O) groups excluding carboxylic acids is 1. The van der Waals surface area contributed by atoms with Crippen molar-refractivity contribution in [3.05, 3.63) is 64.2 Å². The van der Waals surface area contributed by atoms with E-state index < -0.39 is 6.10 Å². The van der Waals surface area contributed by atoms with Crippen molar-refractivity contribution in [3.63, 3.8) is 0 Å². The summed E-state index contributed by atoms with van der Waals surface area (Å²) in [6.07, 6.45) is -0.802. The van der Waals surface area contributed by atoms with Gasteiger partial charge in [-0.1, -0.05) is 29.8 Å². The summed E-state index contributed by atoms with van der Waals surface area (Å²) in [5.41, 5.74) is 3.66. The lowest BCUT2D eigenvalue weighted by atomic mass is 10.1. The molecule has 0 radical (unpaired) electrons. The third-order valence-corrected chi connectivity index (χ3v) is 3.69. The zero-order valence-corrected chi connectivity index (χ0v) is 13.3. The Morgan fingerprint density at radius 1 is 1.18 bits per heavy atom. The fraction of sp³-hybridized carbons (Fsp3) is 0.235. The minimum atomic E-state index is -0.802. The number of benzene rings is 2. The maximum atomic E-state index is 11.9. The van der Waals surface area contributed by atoms with Gasteiger partial charge in [-0.2, -0.15) is 0 Å². The lowest BCUT2D eigenvalue weighted by Gasteiger charge is -2.13. The van der Waals surface area contributed by atoms with Crippen molar-refractivity contribution in [2.24, 2.45) is 0 Å². The van der Waals surface area contributed by atoms with E-state index in [9.17, 15) is 9.90 Å². The number of aliphatic hydroxyl groups is 1. The molecule has 0 aliphatic rings. The maximum Gasteiger partial charge on any atom is 0.319 e. The lowest BCUT2D eigenvalue weighted by molar-refractivity contribution is 0.175. The Kier molecular flexibility index (Phi) is 5.41. The van der Waals surface area contributed by atoms with Crippen molar-refractivity contribution in [2.45, 2.75) is 20.0 Å². The average molecular weight is 319 g/mol. The second kappa shape index (κ2) is 7.29. The first-order chi connectivity index (χ1) is 10.5. The molecule has 0 bridgehead atoms. The van der Waals surface area contributed by atoms with Gasteiger partial charge in [0.15, 0.2) is 0 Å². The van der Waals surface area contributed by atoms with Gasteiger partial charge >= 0.3 is 6.03 Å². The molecule has 116 valence electrons. The Hall–Kier alpha value is -2.04. The number of amides is 2. The molecule has 2 rings (SSSR count). The predicted octanol–water partition coefficient (Wildman–Crippen LogP) is 3.81. The van der Waals surface area contributed by atoms with Crippen molar-refractivity contribution in [2.75, 3.05) is 11.9 Å². The summed E-state index contributed by atoms with van der Waals surface area (Å²) >= 11 is 5.88. The minimum Gasteiger partial charge on any atom is -0.387 e. The second-order valence-corrected chi connectivity index (χ2v) is 5.64. The van der Waals surface area contributed by atoms with Crippen LogP contribution in [-0.4, -0.2) is 17.7 Å². The molecular weight excluding hydrogens is 300 g/mol. The van der Waals surface area contributed by atoms with Crippen LogP contribution in [0.4, 0.5) is 10.5 Å². The van der Waals surface area contributed by atoms with Crippen LogP contribution in [0, 0.1) is 13.8 Å². The number of nitrogens with one attached hydrogen (secondary N) is 2. The molecule has 0 unspecified atom stereocenters. The highest BCUT2D eigenvalue weighted by Gasteiger charge is 2.10. The molecule has 22 heavy (non-hydrogen) atoms. The molecule has 3 N–H and O–H groups in total. The number of aryl methyl sites for hydroxylation is 2. The highest BCUT2D eigenvalue weighted by molar-refractivity contribution is 6.30. The Morgan fingerprint density at radius 3 is 2.64 bits per heavy atom. The van der Waals surface area contributed by atoms with Gasteiger partial charge in [-0.05, 0) is 54.8 Å². The number of anilines is 1. The van der Waals surface area contributed by atoms with E-state index in [0.29, 0.717) is 10.6 Å². The van der Waals surface area contributed by atoms with Gasteiger partial charge in [0, 0.05) is 17.3 Å². The van der Waals surface area contributed by atoms with Gasteiger partial charge in [-0.25, -0.2) is 4.79 Å². The minimum absolute atomic E-state index is 0.108. The maximum absolute atomic E-state index is 11.9. The lowest BCUT2D eigenvalue weighted by Crippen LogP contribution is -2.32. The molecule has 0 aliphatic heterocycles. The van der Waals surface area contributed by atoms with Crippen LogP contribution in [0.15, 0.2) is 42.5 Å². The van der Waals surface area contributed by atoms with Crippen LogP contribution in [0.1, 0.15) is 22.8 Å². The fourth-order valence-electron chi connectivity index (χ4n) is 2.02. The van der Waals surface area contributed by atoms with E-state index >= 15 is 0 Å². The summed E-state index contributed by atoms with van der Waals surface area (Å²) in [6.45, 7) is 4.11. The van der Waals surface area contributed by atoms with E-state index in [1.807, 2.05) is 32.0 Å². The highest BCUT2D eigenvalue weighted by Crippen LogP contribution is 2.17. The fourth-order valence-corrected chi connectivity index (χ4v) is 2.21. The third kappa shape index (κ3) is 4.48. The molecule has 5 heteroatoms. The van der Waals surface area contributed by atoms with Crippen molar-refractivity contribution in [1.29, 1.82) is 0 Å². The van der Waals surface area contributed by atoms with Crippen molar-refractivity contribution >= 4 is 23.3 Å². The number of hydrogen-bond donors (Lipinski definition) is 3. The summed E-state index contributed by atoms with van der Waals surface area (Å²) in [7, 11) is 0. The van der Waals surface area contributed by atoms with Crippen LogP contribution >= 0.6 is 11.6 Å². The van der Waals surface area contributed by atoms with E-state index in [-0.39, 0.29) is 12.6 Å². The largest absolute Gasteiger partial charge is 0.387 e. The van der Waals surface area contributed by atoms with Gasteiger partial charge in [0.05, 0.1) is 6.10 Å². The van der Waals surface area contributed by atoms with Crippen molar-refractivity contribution in [1.82, 2.24) is 5.32 Å². The molecule has 0 aliphatic carbocycles. The number of hydrogen-bond acceptors (Lipinski definition) is 2. The Morgan fingerprint density at radius 2 is 1.95 bits per heavy atom. The third-order valence-electron chi connectivity index (χ3n) is 3.45. The van der Waals surface area contributed by atoms with E-state index in [2.05, 4.69) is 10.6 Å². The van der Waals surface area contributed by atoms with E-state index in [4.69, 9.17) is 11.6 Å². The normalized spacial score (nSPS) is 11.8. The first-order valence-electron chi connectivity index (χ1n) is 7.01. The number of rotatable bonds is 4. The molecule has 2 aromatic rings. The average Bonchev–Trinajstić information content (AvgIpc) is 2.48. The van der Waals surface area contributed by atoms with Gasteiger partial charge in [0.25, 0.3) is 0 Å². The number of aliphatic hydroxyl groups excluding tert-OH is 1. The zero-order chi connectivity index (χ0) is 16.1. The van der Waals surface area contributed by atoms with Crippen LogP contribution in [0.2, 0.25) is 5.02 Å². The summed E-state index contributed by atoms with van der Waals surface area (Å²) < 4.78 is 0. The van der Waals surface area contributed by atoms with E-state index in [1.165, 1.54) is 5.56 Å². The number of halogens is 1. The topological polar surface area (TPSA) is 61.4 Å². The summed E-state index contributed by atoms with van der Waals surface area (Å²) in [6, 6.07) is 12.3. The standard InChI is InChI=1S/C17H19ClN2O2/c1-11-6-7-15(8-12(11)2)20-17(22)19-10-16(21)13-4-3-5-14(18)9-13/h3-9,16,21H,10H2,1-2H3,(H2,19,20,22)/t16-/m0/s1. The van der Waals surface area contributed by atoms with Gasteiger partial charge < -0.3 is 15.7 Å². The van der Waals surface area contributed by atoms with Crippen molar-refractivity contribution < 1.29 is 9.90 Å². The van der Waals surface area contributed by atoms with Crippen LogP contribution in [0.3, 0.4) is 0 Å². The molecule has 2 amide bonds. The highest BCUT2D eigenvalue weighted by atomic mass is 35.5. The van der Waals surface area contributed by atoms with Gasteiger partial charge in [-0.3, -0.25) is 0 Å². The Bertz CT molecular complexity index is 673. The Labute approximate surface area is 135 Å². The van der Waals surface area contributed by atoms with Gasteiger partial charge in [-0.15, -0.1) is 0 Å². The first kappa shape index (κ1) is 16.3. The molecule has 0 saturated carbocycles. The SMILES string of the molecule is Cc1ccc(NC(=O)NC[C@H](O)c2cccc(Cl)c2)cc1C. The zero-order valence-electron chi connectivity index (χ0n) is 12.6. The molecule has 1 atom stereocenters. The second-order valence-electron chi connectivity index (χ2n) is 5.20. The summed E-state index contributed by atoms with van der Waals surface area (Å²) in [5.74, 6) is 0. The number of carbonyl (C=O) groups is 1.